The summed E-state index contributed by atoms with van der Waals surface area (Å²) in [6.07, 6.45) is -4.67. The molecule has 2 aromatic carbocycles. The minimum atomic E-state index is -4.67. The summed E-state index contributed by atoms with van der Waals surface area (Å²) in [5.41, 5.74) is 0.762. The predicted octanol–water partition coefficient (Wildman–Crippen LogP) is 5.24. The molecule has 0 unspecified atom stereocenters. The molecule has 0 fully saturated rings. The zero-order chi connectivity index (χ0) is 25.1. The van der Waals surface area contributed by atoms with E-state index in [0.29, 0.717) is 34.5 Å². The van der Waals surface area contributed by atoms with Gasteiger partial charge in [0.05, 0.1) is 16.3 Å². The average Bonchev–Trinajstić information content (AvgIpc) is 3.16. The molecule has 1 aromatic heterocycles. The third-order valence-corrected chi connectivity index (χ3v) is 6.46. The topological polar surface area (TPSA) is 85.2 Å². The summed E-state index contributed by atoms with van der Waals surface area (Å²) >= 11 is 6.16. The van der Waals surface area contributed by atoms with Crippen molar-refractivity contribution in [3.8, 4) is 22.9 Å². The van der Waals surface area contributed by atoms with Crippen molar-refractivity contribution < 1.29 is 26.3 Å². The van der Waals surface area contributed by atoms with Gasteiger partial charge in [-0.25, -0.2) is 0 Å². The fraction of sp³-hybridized carbons (Fsp3) is 0.318. The first-order valence-electron chi connectivity index (χ1n) is 10.3. The summed E-state index contributed by atoms with van der Waals surface area (Å²) in [7, 11) is -4.42. The Hall–Kier alpha value is -2.60. The Morgan fingerprint density at radius 3 is 2.44 bits per heavy atom. The molecule has 1 heterocycles. The van der Waals surface area contributed by atoms with Crippen molar-refractivity contribution >= 4 is 21.8 Å². The number of rotatable bonds is 9. The summed E-state index contributed by atoms with van der Waals surface area (Å²) in [5.74, 6) is 0.777. The Balaban J connectivity index is 1.87. The van der Waals surface area contributed by atoms with E-state index in [1.165, 1.54) is 4.72 Å². The fourth-order valence-electron chi connectivity index (χ4n) is 3.23. The van der Waals surface area contributed by atoms with Crippen LogP contribution in [0, 0.1) is 0 Å². The van der Waals surface area contributed by atoms with Crippen molar-refractivity contribution in [2.24, 2.45) is 0 Å². The number of aryl methyl sites for hydroxylation is 1. The molecule has 0 saturated heterocycles. The Bertz CT molecular complexity index is 1260. The van der Waals surface area contributed by atoms with Gasteiger partial charge in [-0.15, -0.1) is 5.10 Å². The largest absolute Gasteiger partial charge is 0.436 e. The lowest BCUT2D eigenvalue weighted by Gasteiger charge is -2.27. The average molecular weight is 517 g/mol. The van der Waals surface area contributed by atoms with Gasteiger partial charge in [0.25, 0.3) is 10.2 Å². The molecule has 3 rings (SSSR count). The summed E-state index contributed by atoms with van der Waals surface area (Å²) in [6, 6.07) is 15.7. The van der Waals surface area contributed by atoms with E-state index >= 15 is 0 Å². The molecule has 7 nitrogen and oxygen atoms in total. The second-order valence-electron chi connectivity index (χ2n) is 7.96. The Morgan fingerprint density at radius 2 is 1.79 bits per heavy atom. The molecule has 0 atom stereocenters. The van der Waals surface area contributed by atoms with Crippen LogP contribution in [0.2, 0.25) is 5.02 Å². The van der Waals surface area contributed by atoms with Gasteiger partial charge < -0.3 is 4.74 Å². The van der Waals surface area contributed by atoms with E-state index < -0.39 is 28.5 Å². The molecule has 0 aliphatic rings. The maximum absolute atomic E-state index is 12.4. The Kier molecular flexibility index (Phi) is 7.61. The van der Waals surface area contributed by atoms with E-state index in [2.05, 4.69) is 9.82 Å². The fourth-order valence-corrected chi connectivity index (χ4v) is 4.62. The van der Waals surface area contributed by atoms with Gasteiger partial charge >= 0.3 is 6.18 Å². The molecule has 0 radical (unpaired) electrons. The van der Waals surface area contributed by atoms with Gasteiger partial charge in [-0.05, 0) is 44.5 Å². The van der Waals surface area contributed by atoms with Crippen molar-refractivity contribution in [3.63, 3.8) is 0 Å². The minimum absolute atomic E-state index is 0.326. The number of alkyl halides is 3. The van der Waals surface area contributed by atoms with Gasteiger partial charge in [-0.1, -0.05) is 41.9 Å². The normalized spacial score (nSPS) is 12.7. The zero-order valence-electron chi connectivity index (χ0n) is 18.6. The smallest absolute Gasteiger partial charge is 0.402 e. The monoisotopic (exact) mass is 516 g/mol. The number of aromatic nitrogens is 2. The molecule has 0 aliphatic carbocycles. The van der Waals surface area contributed by atoms with Gasteiger partial charge in [-0.3, -0.25) is 4.68 Å². The molecule has 34 heavy (non-hydrogen) atoms. The molecule has 12 heteroatoms. The highest BCUT2D eigenvalue weighted by Gasteiger charge is 2.32. The van der Waals surface area contributed by atoms with Crippen molar-refractivity contribution in [2.75, 3.05) is 6.54 Å². The van der Waals surface area contributed by atoms with Crippen molar-refractivity contribution in [2.45, 2.75) is 39.0 Å². The number of halogens is 4. The van der Waals surface area contributed by atoms with Crippen molar-refractivity contribution in [1.29, 1.82) is 0 Å². The van der Waals surface area contributed by atoms with Crippen LogP contribution in [0.15, 0.2) is 54.6 Å². The first kappa shape index (κ1) is 26.0. The van der Waals surface area contributed by atoms with Crippen molar-refractivity contribution in [3.05, 3.63) is 65.2 Å². The molecule has 184 valence electrons. The predicted molar refractivity (Wildman–Crippen MR) is 124 cm³/mol. The first-order chi connectivity index (χ1) is 15.8. The Labute approximate surface area is 201 Å². The minimum Gasteiger partial charge on any atom is -0.436 e. The van der Waals surface area contributed by atoms with Crippen LogP contribution in [0.5, 0.6) is 11.6 Å². The third-order valence-electron chi connectivity index (χ3n) is 4.84. The highest BCUT2D eigenvalue weighted by molar-refractivity contribution is 7.87. The number of hydrogen-bond acceptors (Lipinski definition) is 4. The van der Waals surface area contributed by atoms with Gasteiger partial charge in [0.15, 0.2) is 0 Å². The Morgan fingerprint density at radius 1 is 1.09 bits per heavy atom. The maximum Gasteiger partial charge on any atom is 0.402 e. The van der Waals surface area contributed by atoms with E-state index in [4.69, 9.17) is 16.3 Å². The number of benzene rings is 2. The molecule has 0 bridgehead atoms. The molecule has 2 N–H and O–H groups in total. The van der Waals surface area contributed by atoms with Crippen LogP contribution in [-0.2, 0) is 22.3 Å². The maximum atomic E-state index is 12.4. The van der Waals surface area contributed by atoms with Gasteiger partial charge in [-0.2, -0.15) is 31.0 Å². The van der Waals surface area contributed by atoms with E-state index in [1.54, 1.807) is 67.1 Å². The molecule has 0 saturated carbocycles. The van der Waals surface area contributed by atoms with Gasteiger partial charge in [0, 0.05) is 18.2 Å². The molecule has 3 aromatic rings. The molecular formula is C22H24ClF3N4O3S. The lowest BCUT2D eigenvalue weighted by atomic mass is 9.93. The van der Waals surface area contributed by atoms with Crippen LogP contribution in [0.4, 0.5) is 13.2 Å². The standard InChI is InChI=1S/C22H24ClF3N4O3S/c1-4-30-18(13-20(28-30)33-19-11-6-5-10-17(19)23)15-8-7-9-16(12-15)21(2,3)29-34(31,32)27-14-22(24,25)26/h5-13,27,29H,4,14H2,1-3H3. The van der Waals surface area contributed by atoms with Gasteiger partial charge in [0.1, 0.15) is 12.3 Å². The molecule has 0 aliphatic heterocycles. The van der Waals surface area contributed by atoms with E-state index in [0.717, 1.165) is 5.56 Å². The highest BCUT2D eigenvalue weighted by Crippen LogP contribution is 2.32. The lowest BCUT2D eigenvalue weighted by Crippen LogP contribution is -2.48. The number of nitrogens with zero attached hydrogens (tertiary/aromatic N) is 2. The molecular weight excluding hydrogens is 493 g/mol. The zero-order valence-corrected chi connectivity index (χ0v) is 20.2. The number of hydrogen-bond donors (Lipinski definition) is 2. The second-order valence-corrected chi connectivity index (χ2v) is 9.87. The molecule has 0 amide bonds. The number of para-hydroxylation sites is 1. The van der Waals surface area contributed by atoms with Crippen LogP contribution >= 0.6 is 11.6 Å². The number of nitrogens with one attached hydrogen (secondary N) is 2. The van der Waals surface area contributed by atoms with Crippen LogP contribution in [0.3, 0.4) is 0 Å². The molecule has 0 spiro atoms. The summed E-state index contributed by atoms with van der Waals surface area (Å²) in [4.78, 5) is 0. The van der Waals surface area contributed by atoms with E-state index in [-0.39, 0.29) is 0 Å². The second kappa shape index (κ2) is 9.95. The summed E-state index contributed by atoms with van der Waals surface area (Å²) in [5, 5.41) is 4.88. The number of ether oxygens (including phenoxy) is 1. The lowest BCUT2D eigenvalue weighted by molar-refractivity contribution is -0.121. The van der Waals surface area contributed by atoms with E-state index in [9.17, 15) is 21.6 Å². The van der Waals surface area contributed by atoms with Crippen LogP contribution < -0.4 is 14.2 Å². The SMILES string of the molecule is CCn1nc(Oc2ccccc2Cl)cc1-c1cccc(C(C)(C)NS(=O)(=O)NCC(F)(F)F)c1. The van der Waals surface area contributed by atoms with Crippen LogP contribution in [-0.4, -0.2) is 30.9 Å². The highest BCUT2D eigenvalue weighted by atomic mass is 35.5. The quantitative estimate of drug-likeness (QED) is 0.407. The first-order valence-corrected chi connectivity index (χ1v) is 12.1. The summed E-state index contributed by atoms with van der Waals surface area (Å²) < 4.78 is 72.9. The van der Waals surface area contributed by atoms with Crippen LogP contribution in [0.25, 0.3) is 11.3 Å². The van der Waals surface area contributed by atoms with Gasteiger partial charge in [0.2, 0.25) is 5.88 Å². The van der Waals surface area contributed by atoms with Crippen molar-refractivity contribution in [1.82, 2.24) is 19.2 Å². The van der Waals surface area contributed by atoms with Crippen LogP contribution in [0.1, 0.15) is 26.3 Å². The van der Waals surface area contributed by atoms with E-state index in [1.807, 2.05) is 13.0 Å². The summed E-state index contributed by atoms with van der Waals surface area (Å²) in [6.45, 7) is 3.89. The third kappa shape index (κ3) is 6.72.